The summed E-state index contributed by atoms with van der Waals surface area (Å²) in [5, 5.41) is 10.0. The Balaban J connectivity index is 2.19. The smallest absolute Gasteiger partial charge is 0.0555 e. The van der Waals surface area contributed by atoms with E-state index in [-0.39, 0.29) is 6.54 Å². The van der Waals surface area contributed by atoms with Crippen molar-refractivity contribution >= 4 is 5.97 Å². The molecule has 0 spiro atoms. The first-order chi connectivity index (χ1) is 4.29. The molecule has 0 atom stereocenters. The minimum Gasteiger partial charge on any atom is -0.549 e. The molecule has 1 rings (SSSR count). The number of aliphatic carboxylic acids is 1. The predicted molar refractivity (Wildman–Crippen MR) is 30.7 cm³/mol. The van der Waals surface area contributed by atoms with Crippen LogP contribution in [-0.2, 0) is 4.79 Å². The normalized spacial score (nSPS) is 20.4. The Morgan fingerprint density at radius 3 is 2.44 bits per heavy atom. The van der Waals surface area contributed by atoms with Gasteiger partial charge < -0.3 is 9.90 Å². The van der Waals surface area contributed by atoms with Gasteiger partial charge in [0.25, 0.3) is 0 Å². The fourth-order valence-corrected chi connectivity index (χ4v) is 1.12. The molecule has 0 radical (unpaired) electrons. The van der Waals surface area contributed by atoms with Gasteiger partial charge in [0.15, 0.2) is 0 Å². The van der Waals surface area contributed by atoms with Crippen molar-refractivity contribution in [2.24, 2.45) is 0 Å². The van der Waals surface area contributed by atoms with Gasteiger partial charge in [-0.3, -0.25) is 4.90 Å². The zero-order chi connectivity index (χ0) is 6.69. The Hall–Kier alpha value is -0.570. The number of carbonyl (C=O) groups excluding carboxylic acids is 1. The zero-order valence-electron chi connectivity index (χ0n) is 5.30. The molecule has 52 valence electrons. The van der Waals surface area contributed by atoms with Crippen LogP contribution in [0.15, 0.2) is 0 Å². The quantitative estimate of drug-likeness (QED) is 0.470. The monoisotopic (exact) mass is 128 g/mol. The molecule has 3 heteroatoms. The van der Waals surface area contributed by atoms with Crippen LogP contribution in [0.3, 0.4) is 0 Å². The topological polar surface area (TPSA) is 43.4 Å². The molecule has 0 aromatic heterocycles. The molecule has 0 aliphatic carbocycles. The molecule has 9 heavy (non-hydrogen) atoms. The Kier molecular flexibility index (Phi) is 2.05. The van der Waals surface area contributed by atoms with Crippen LogP contribution >= 0.6 is 0 Å². The highest BCUT2D eigenvalue weighted by Gasteiger charge is 2.09. The minimum absolute atomic E-state index is 0.111. The summed E-state index contributed by atoms with van der Waals surface area (Å²) in [6, 6.07) is 0. The van der Waals surface area contributed by atoms with Crippen LogP contribution in [0, 0.1) is 0 Å². The van der Waals surface area contributed by atoms with E-state index in [1.54, 1.807) is 0 Å². The first kappa shape index (κ1) is 6.55. The lowest BCUT2D eigenvalue weighted by Gasteiger charge is -2.13. The number of rotatable bonds is 2. The maximum Gasteiger partial charge on any atom is 0.0555 e. The molecule has 1 fully saturated rings. The second-order valence-electron chi connectivity index (χ2n) is 2.36. The first-order valence-corrected chi connectivity index (χ1v) is 3.21. The van der Waals surface area contributed by atoms with Crippen molar-refractivity contribution < 1.29 is 9.90 Å². The lowest BCUT2D eigenvalue weighted by molar-refractivity contribution is -0.306. The van der Waals surface area contributed by atoms with Crippen LogP contribution in [0.2, 0.25) is 0 Å². The summed E-state index contributed by atoms with van der Waals surface area (Å²) >= 11 is 0. The van der Waals surface area contributed by atoms with Gasteiger partial charge in [-0.1, -0.05) is 0 Å². The van der Waals surface area contributed by atoms with Crippen LogP contribution < -0.4 is 5.11 Å². The van der Waals surface area contributed by atoms with Crippen molar-refractivity contribution in [3.05, 3.63) is 0 Å². The molecule has 0 amide bonds. The summed E-state index contributed by atoms with van der Waals surface area (Å²) in [5.74, 6) is -0.961. The molecule has 0 unspecified atom stereocenters. The fraction of sp³-hybridized carbons (Fsp3) is 0.833. The predicted octanol–water partition coefficient (Wildman–Crippen LogP) is -1.17. The van der Waals surface area contributed by atoms with Crippen molar-refractivity contribution in [1.29, 1.82) is 0 Å². The summed E-state index contributed by atoms with van der Waals surface area (Å²) in [7, 11) is 0. The molecule has 0 N–H and O–H groups in total. The van der Waals surface area contributed by atoms with Crippen molar-refractivity contribution in [3.8, 4) is 0 Å². The number of carbonyl (C=O) groups is 1. The van der Waals surface area contributed by atoms with Crippen molar-refractivity contribution in [1.82, 2.24) is 4.90 Å². The van der Waals surface area contributed by atoms with E-state index in [2.05, 4.69) is 0 Å². The Morgan fingerprint density at radius 2 is 2.00 bits per heavy atom. The third-order valence-corrected chi connectivity index (χ3v) is 1.55. The van der Waals surface area contributed by atoms with Gasteiger partial charge in [0.05, 0.1) is 5.97 Å². The van der Waals surface area contributed by atoms with Crippen LogP contribution in [0.1, 0.15) is 12.8 Å². The molecule has 1 aliphatic heterocycles. The second kappa shape index (κ2) is 2.82. The third kappa shape index (κ3) is 2.01. The summed E-state index contributed by atoms with van der Waals surface area (Å²) in [6.45, 7) is 1.96. The molecule has 0 bridgehead atoms. The van der Waals surface area contributed by atoms with E-state index in [1.165, 1.54) is 0 Å². The van der Waals surface area contributed by atoms with Crippen molar-refractivity contribution in [2.45, 2.75) is 12.8 Å². The van der Waals surface area contributed by atoms with Gasteiger partial charge in [0, 0.05) is 6.54 Å². The maximum absolute atomic E-state index is 10.0. The molecule has 1 saturated heterocycles. The van der Waals surface area contributed by atoms with Crippen LogP contribution in [-0.4, -0.2) is 30.5 Å². The molecule has 1 aliphatic rings. The maximum atomic E-state index is 10.0. The largest absolute Gasteiger partial charge is 0.549 e. The van der Waals surface area contributed by atoms with Gasteiger partial charge in [0.1, 0.15) is 0 Å². The van der Waals surface area contributed by atoms with E-state index in [1.807, 2.05) is 4.90 Å². The molecular weight excluding hydrogens is 118 g/mol. The number of hydrogen-bond donors (Lipinski definition) is 0. The van der Waals surface area contributed by atoms with E-state index in [0.717, 1.165) is 25.9 Å². The standard InChI is InChI=1S/C6H11NO2/c8-6(9)5-7-3-1-2-4-7/h1-5H2,(H,8,9)/p-1. The highest BCUT2D eigenvalue weighted by molar-refractivity contribution is 5.66. The molecular formula is C6H10NO2-. The number of carboxylic acids is 1. The van der Waals surface area contributed by atoms with Gasteiger partial charge in [-0.15, -0.1) is 0 Å². The van der Waals surface area contributed by atoms with E-state index < -0.39 is 5.97 Å². The first-order valence-electron chi connectivity index (χ1n) is 3.21. The van der Waals surface area contributed by atoms with Crippen molar-refractivity contribution in [3.63, 3.8) is 0 Å². The Bertz CT molecular complexity index is 108. The van der Waals surface area contributed by atoms with Gasteiger partial charge in [-0.2, -0.15) is 0 Å². The Morgan fingerprint density at radius 1 is 1.44 bits per heavy atom. The highest BCUT2D eigenvalue weighted by atomic mass is 16.4. The summed E-state index contributed by atoms with van der Waals surface area (Å²) in [5.41, 5.74) is 0. The molecule has 0 aromatic carbocycles. The minimum atomic E-state index is -0.961. The fourth-order valence-electron chi connectivity index (χ4n) is 1.12. The third-order valence-electron chi connectivity index (χ3n) is 1.55. The van der Waals surface area contributed by atoms with Gasteiger partial charge in [-0.25, -0.2) is 0 Å². The van der Waals surface area contributed by atoms with Crippen LogP contribution in [0.4, 0.5) is 0 Å². The number of likely N-dealkylation sites (tertiary alicyclic amines) is 1. The average molecular weight is 128 g/mol. The summed E-state index contributed by atoms with van der Waals surface area (Å²) in [6.07, 6.45) is 2.26. The van der Waals surface area contributed by atoms with E-state index >= 15 is 0 Å². The number of carboxylic acid groups (broad SMARTS) is 1. The van der Waals surface area contributed by atoms with E-state index in [9.17, 15) is 9.90 Å². The van der Waals surface area contributed by atoms with Gasteiger partial charge in [0.2, 0.25) is 0 Å². The lowest BCUT2D eigenvalue weighted by Crippen LogP contribution is -2.36. The van der Waals surface area contributed by atoms with E-state index in [0.29, 0.717) is 0 Å². The van der Waals surface area contributed by atoms with Crippen LogP contribution in [0.25, 0.3) is 0 Å². The molecule has 3 nitrogen and oxygen atoms in total. The molecule has 0 aromatic rings. The average Bonchev–Trinajstić information content (AvgIpc) is 2.15. The van der Waals surface area contributed by atoms with E-state index in [4.69, 9.17) is 0 Å². The van der Waals surface area contributed by atoms with Crippen LogP contribution in [0.5, 0.6) is 0 Å². The second-order valence-corrected chi connectivity index (χ2v) is 2.36. The lowest BCUT2D eigenvalue weighted by atomic mass is 10.4. The summed E-state index contributed by atoms with van der Waals surface area (Å²) in [4.78, 5) is 11.9. The van der Waals surface area contributed by atoms with Crippen molar-refractivity contribution in [2.75, 3.05) is 19.6 Å². The SMILES string of the molecule is O=C([O-])CN1CCCC1. The summed E-state index contributed by atoms with van der Waals surface area (Å²) < 4.78 is 0. The molecule has 1 heterocycles. The highest BCUT2D eigenvalue weighted by Crippen LogP contribution is 2.05. The zero-order valence-corrected chi connectivity index (χ0v) is 5.30. The van der Waals surface area contributed by atoms with Gasteiger partial charge >= 0.3 is 0 Å². The van der Waals surface area contributed by atoms with Gasteiger partial charge in [-0.05, 0) is 25.9 Å². The molecule has 0 saturated carbocycles. The number of hydrogen-bond acceptors (Lipinski definition) is 3. The number of nitrogens with zero attached hydrogens (tertiary/aromatic N) is 1. The Labute approximate surface area is 54.3 Å².